The minimum atomic E-state index is -0.429. The number of carbonyl (C=O) groups is 2. The number of aromatic nitrogens is 3. The van der Waals surface area contributed by atoms with Gasteiger partial charge in [-0.25, -0.2) is 9.78 Å². The Bertz CT molecular complexity index is 1130. The molecule has 0 bridgehead atoms. The molecule has 2 aromatic heterocycles. The Morgan fingerprint density at radius 3 is 2.75 bits per heavy atom. The number of nitrogens with one attached hydrogen (secondary N) is 3. The Morgan fingerprint density at radius 2 is 2.03 bits per heavy atom. The summed E-state index contributed by atoms with van der Waals surface area (Å²) in [5, 5.41) is 8.21. The molecular weight excluding hydrogens is 408 g/mol. The van der Waals surface area contributed by atoms with Gasteiger partial charge < -0.3 is 15.4 Å². The van der Waals surface area contributed by atoms with Gasteiger partial charge in [-0.3, -0.25) is 20.1 Å². The van der Waals surface area contributed by atoms with E-state index in [-0.39, 0.29) is 11.8 Å². The Morgan fingerprint density at radius 1 is 1.16 bits per heavy atom. The third kappa shape index (κ3) is 5.37. The predicted molar refractivity (Wildman–Crippen MR) is 120 cm³/mol. The van der Waals surface area contributed by atoms with E-state index in [1.807, 2.05) is 38.1 Å². The lowest BCUT2D eigenvalue weighted by molar-refractivity contribution is -0.119. The number of amides is 3. The Balaban J connectivity index is 1.39. The van der Waals surface area contributed by atoms with E-state index in [2.05, 4.69) is 30.9 Å². The van der Waals surface area contributed by atoms with Gasteiger partial charge in [0.1, 0.15) is 5.75 Å². The second-order valence-corrected chi connectivity index (χ2v) is 7.72. The maximum absolute atomic E-state index is 12.3. The molecule has 9 heteroatoms. The maximum Gasteiger partial charge on any atom is 0.324 e. The van der Waals surface area contributed by atoms with Gasteiger partial charge >= 0.3 is 6.03 Å². The summed E-state index contributed by atoms with van der Waals surface area (Å²) in [4.78, 5) is 36.4. The number of aryl methyl sites for hydroxylation is 2. The monoisotopic (exact) mass is 432 g/mol. The molecule has 3 aromatic rings. The van der Waals surface area contributed by atoms with Crippen molar-refractivity contribution in [2.24, 2.45) is 5.92 Å². The molecule has 0 saturated carbocycles. The number of hydrogen-bond donors (Lipinski definition) is 3. The van der Waals surface area contributed by atoms with Crippen molar-refractivity contribution >= 4 is 23.4 Å². The molecule has 3 N–H and O–H groups in total. The first-order valence-corrected chi connectivity index (χ1v) is 10.3. The van der Waals surface area contributed by atoms with Crippen molar-refractivity contribution in [2.75, 3.05) is 23.8 Å². The van der Waals surface area contributed by atoms with Crippen LogP contribution in [0.15, 0.2) is 48.9 Å². The summed E-state index contributed by atoms with van der Waals surface area (Å²) >= 11 is 0. The summed E-state index contributed by atoms with van der Waals surface area (Å²) in [6, 6.07) is 8.90. The van der Waals surface area contributed by atoms with Gasteiger partial charge in [0.15, 0.2) is 5.82 Å². The zero-order chi connectivity index (χ0) is 22.5. The first kappa shape index (κ1) is 21.2. The Kier molecular flexibility index (Phi) is 6.25. The molecule has 0 radical (unpaired) electrons. The largest absolute Gasteiger partial charge is 0.493 e. The summed E-state index contributed by atoms with van der Waals surface area (Å²) < 4.78 is 5.90. The van der Waals surface area contributed by atoms with Crippen molar-refractivity contribution in [3.8, 4) is 17.0 Å². The highest BCUT2D eigenvalue weighted by Gasteiger charge is 2.22. The lowest BCUT2D eigenvalue weighted by Gasteiger charge is -2.13. The summed E-state index contributed by atoms with van der Waals surface area (Å²) in [5.74, 6) is 1.36. The molecule has 1 fully saturated rings. The first-order valence-electron chi connectivity index (χ1n) is 10.3. The molecule has 0 aliphatic carbocycles. The number of nitrogens with zero attached hydrogens (tertiary/aromatic N) is 3. The molecule has 1 saturated heterocycles. The fourth-order valence-electron chi connectivity index (χ4n) is 3.35. The number of carbonyl (C=O) groups excluding carboxylic acids is 2. The van der Waals surface area contributed by atoms with Crippen LogP contribution in [0, 0.1) is 19.8 Å². The third-order valence-corrected chi connectivity index (χ3v) is 5.05. The van der Waals surface area contributed by atoms with Crippen LogP contribution in [0.25, 0.3) is 11.3 Å². The molecule has 3 heterocycles. The van der Waals surface area contributed by atoms with Crippen LogP contribution in [0.3, 0.4) is 0 Å². The zero-order valence-corrected chi connectivity index (χ0v) is 17.9. The highest BCUT2D eigenvalue weighted by molar-refractivity contribution is 5.99. The van der Waals surface area contributed by atoms with Gasteiger partial charge in [0.05, 0.1) is 36.6 Å². The average molecular weight is 432 g/mol. The van der Waals surface area contributed by atoms with Gasteiger partial charge in [-0.1, -0.05) is 0 Å². The number of ether oxygens (including phenoxy) is 1. The van der Waals surface area contributed by atoms with E-state index < -0.39 is 6.03 Å². The molecule has 164 valence electrons. The SMILES string of the molecule is Cc1ccc(NC(=O)Nc2cncc(-c3ccc(OC[C@H]4CNC(=O)C4)c(C)c3)n2)cn1. The van der Waals surface area contributed by atoms with Crippen LogP contribution in [-0.4, -0.2) is 40.0 Å². The number of urea groups is 1. The normalized spacial score (nSPS) is 15.2. The van der Waals surface area contributed by atoms with Gasteiger partial charge in [0, 0.05) is 30.1 Å². The van der Waals surface area contributed by atoms with Crippen molar-refractivity contribution < 1.29 is 14.3 Å². The number of benzene rings is 1. The van der Waals surface area contributed by atoms with Crippen molar-refractivity contribution in [3.63, 3.8) is 0 Å². The van der Waals surface area contributed by atoms with Gasteiger partial charge in [-0.2, -0.15) is 0 Å². The molecule has 9 nitrogen and oxygen atoms in total. The fourth-order valence-corrected chi connectivity index (χ4v) is 3.35. The highest BCUT2D eigenvalue weighted by atomic mass is 16.5. The van der Waals surface area contributed by atoms with E-state index in [4.69, 9.17) is 4.74 Å². The number of hydrogen-bond acceptors (Lipinski definition) is 6. The molecule has 3 amide bonds. The Hall–Kier alpha value is -4.01. The molecule has 1 aromatic carbocycles. The quantitative estimate of drug-likeness (QED) is 0.550. The van der Waals surface area contributed by atoms with Crippen molar-refractivity contribution in [1.82, 2.24) is 20.3 Å². The van der Waals surface area contributed by atoms with Crippen LogP contribution < -0.4 is 20.7 Å². The minimum Gasteiger partial charge on any atom is -0.493 e. The highest BCUT2D eigenvalue weighted by Crippen LogP contribution is 2.26. The van der Waals surface area contributed by atoms with Gasteiger partial charge in [0.25, 0.3) is 0 Å². The molecule has 1 atom stereocenters. The van der Waals surface area contributed by atoms with Crippen molar-refractivity contribution in [1.29, 1.82) is 0 Å². The molecule has 0 spiro atoms. The van der Waals surface area contributed by atoms with Gasteiger partial charge in [-0.05, 0) is 49.7 Å². The van der Waals surface area contributed by atoms with E-state index in [0.717, 1.165) is 22.6 Å². The van der Waals surface area contributed by atoms with Crippen LogP contribution in [0.1, 0.15) is 17.7 Å². The van der Waals surface area contributed by atoms with Crippen LogP contribution in [-0.2, 0) is 4.79 Å². The third-order valence-electron chi connectivity index (χ3n) is 5.05. The van der Waals surface area contributed by atoms with Gasteiger partial charge in [-0.15, -0.1) is 0 Å². The molecule has 32 heavy (non-hydrogen) atoms. The average Bonchev–Trinajstić information content (AvgIpc) is 3.19. The number of pyridine rings is 1. The van der Waals surface area contributed by atoms with Crippen LogP contribution in [0.4, 0.5) is 16.3 Å². The van der Waals surface area contributed by atoms with Crippen molar-refractivity contribution in [2.45, 2.75) is 20.3 Å². The predicted octanol–water partition coefficient (Wildman–Crippen LogP) is 3.31. The first-order chi connectivity index (χ1) is 15.5. The molecular formula is C23H24N6O3. The standard InChI is InChI=1S/C23H24N6O3/c1-14-7-17(4-6-20(14)32-13-16-8-22(30)26-9-16)19-11-24-12-21(28-19)29-23(31)27-18-5-3-15(2)25-10-18/h3-7,10-12,16H,8-9,13H2,1-2H3,(H,26,30)(H2,27,28,29,31)/t16-/m1/s1. The lowest BCUT2D eigenvalue weighted by Crippen LogP contribution is -2.20. The van der Waals surface area contributed by atoms with E-state index >= 15 is 0 Å². The molecule has 0 unspecified atom stereocenters. The van der Waals surface area contributed by atoms with E-state index in [1.165, 1.54) is 6.20 Å². The molecule has 1 aliphatic rings. The molecule has 4 rings (SSSR count). The fraction of sp³-hybridized carbons (Fsp3) is 0.261. The topological polar surface area (TPSA) is 118 Å². The summed E-state index contributed by atoms with van der Waals surface area (Å²) in [6.45, 7) is 4.97. The van der Waals surface area contributed by atoms with E-state index in [9.17, 15) is 9.59 Å². The van der Waals surface area contributed by atoms with E-state index in [0.29, 0.717) is 36.8 Å². The number of rotatable bonds is 6. The Labute approximate surface area is 185 Å². The zero-order valence-electron chi connectivity index (χ0n) is 17.9. The summed E-state index contributed by atoms with van der Waals surface area (Å²) in [6.07, 6.45) is 5.21. The smallest absolute Gasteiger partial charge is 0.324 e. The van der Waals surface area contributed by atoms with E-state index in [1.54, 1.807) is 18.5 Å². The lowest BCUT2D eigenvalue weighted by atomic mass is 10.1. The number of anilines is 2. The second kappa shape index (κ2) is 9.42. The summed E-state index contributed by atoms with van der Waals surface area (Å²) in [5.41, 5.74) is 3.88. The maximum atomic E-state index is 12.3. The van der Waals surface area contributed by atoms with Gasteiger partial charge in [0.2, 0.25) is 5.91 Å². The van der Waals surface area contributed by atoms with Crippen LogP contribution in [0.5, 0.6) is 5.75 Å². The minimum absolute atomic E-state index is 0.0712. The van der Waals surface area contributed by atoms with Crippen molar-refractivity contribution in [3.05, 3.63) is 60.2 Å². The second-order valence-electron chi connectivity index (χ2n) is 7.72. The summed E-state index contributed by atoms with van der Waals surface area (Å²) in [7, 11) is 0. The van der Waals surface area contributed by atoms with Crippen LogP contribution >= 0.6 is 0 Å². The van der Waals surface area contributed by atoms with Crippen LogP contribution in [0.2, 0.25) is 0 Å². The molecule has 1 aliphatic heterocycles.